The van der Waals surface area contributed by atoms with Gasteiger partial charge >= 0.3 is 5.97 Å². The van der Waals surface area contributed by atoms with E-state index in [0.717, 1.165) is 46.4 Å². The summed E-state index contributed by atoms with van der Waals surface area (Å²) in [5.41, 5.74) is 6.42. The van der Waals surface area contributed by atoms with Crippen molar-refractivity contribution < 1.29 is 19.4 Å². The number of hydrogen-bond acceptors (Lipinski definition) is 4. The molecule has 0 aliphatic heterocycles. The Balaban J connectivity index is 0.000000186. The lowest BCUT2D eigenvalue weighted by Gasteiger charge is -2.59. The van der Waals surface area contributed by atoms with Crippen molar-refractivity contribution in [2.75, 3.05) is 7.11 Å². The second kappa shape index (κ2) is 10.5. The van der Waals surface area contributed by atoms with E-state index < -0.39 is 11.9 Å². The van der Waals surface area contributed by atoms with Gasteiger partial charge in [-0.3, -0.25) is 9.59 Å². The van der Waals surface area contributed by atoms with Gasteiger partial charge in [-0.25, -0.2) is 0 Å². The maximum Gasteiger partial charge on any atom is 0.303 e. The van der Waals surface area contributed by atoms with Crippen LogP contribution < -0.4 is 10.5 Å². The van der Waals surface area contributed by atoms with E-state index in [1.807, 2.05) is 11.4 Å². The Morgan fingerprint density at radius 3 is 2.53 bits per heavy atom. The first-order valence-electron chi connectivity index (χ1n) is 11.4. The number of fused-ring (bicyclic) bond motifs is 3. The monoisotopic (exact) mass is 457 g/mol. The first kappa shape index (κ1) is 24.3. The number of allylic oxidation sites excluding steroid dienone is 2. The fourth-order valence-corrected chi connectivity index (χ4v) is 6.22. The summed E-state index contributed by atoms with van der Waals surface area (Å²) in [5.74, 6) is 2.51. The van der Waals surface area contributed by atoms with Crippen LogP contribution in [-0.4, -0.2) is 24.1 Å². The fourth-order valence-electron chi connectivity index (χ4n) is 5.18. The van der Waals surface area contributed by atoms with Gasteiger partial charge in [0.2, 0.25) is 5.91 Å². The third kappa shape index (κ3) is 5.52. The zero-order valence-corrected chi connectivity index (χ0v) is 20.1. The van der Waals surface area contributed by atoms with Gasteiger partial charge in [-0.05, 0) is 73.8 Å². The largest absolute Gasteiger partial charge is 0.495 e. The molecule has 3 N–H and O–H groups in total. The molecule has 0 radical (unpaired) electrons. The van der Waals surface area contributed by atoms with Crippen LogP contribution in [0.25, 0.3) is 10.1 Å². The number of hydrogen-bond donors (Lipinski definition) is 2. The van der Waals surface area contributed by atoms with Gasteiger partial charge in [0.05, 0.1) is 17.4 Å². The summed E-state index contributed by atoms with van der Waals surface area (Å²) in [6, 6.07) is 5.44. The van der Waals surface area contributed by atoms with Gasteiger partial charge in [0.25, 0.3) is 0 Å². The van der Waals surface area contributed by atoms with E-state index in [0.29, 0.717) is 17.4 Å². The van der Waals surface area contributed by atoms with Crippen molar-refractivity contribution in [3.8, 4) is 5.75 Å². The van der Waals surface area contributed by atoms with Gasteiger partial charge in [0.15, 0.2) is 0 Å². The van der Waals surface area contributed by atoms with E-state index >= 15 is 0 Å². The molecule has 32 heavy (non-hydrogen) atoms. The number of carbonyl (C=O) groups excluding carboxylic acids is 1. The Morgan fingerprint density at radius 2 is 1.94 bits per heavy atom. The number of nitrogens with two attached hydrogens (primary N) is 1. The number of carboxylic acids is 1. The minimum absolute atomic E-state index is 0.298. The Labute approximate surface area is 194 Å². The number of carbonyl (C=O) groups is 2. The molecule has 1 aromatic heterocycles. The van der Waals surface area contributed by atoms with E-state index in [4.69, 9.17) is 15.6 Å². The molecular formula is C26H35NO4S. The maximum absolute atomic E-state index is 11.1. The van der Waals surface area contributed by atoms with Crippen LogP contribution in [0.1, 0.15) is 69.2 Å². The molecular weight excluding hydrogens is 422 g/mol. The van der Waals surface area contributed by atoms with E-state index in [9.17, 15) is 9.59 Å². The number of primary amides is 1. The summed E-state index contributed by atoms with van der Waals surface area (Å²) < 4.78 is 6.05. The predicted molar refractivity (Wildman–Crippen MR) is 130 cm³/mol. The Morgan fingerprint density at radius 1 is 1.22 bits per heavy atom. The summed E-state index contributed by atoms with van der Waals surface area (Å²) in [7, 11) is 1.61. The zero-order chi connectivity index (χ0) is 23.3. The average molecular weight is 458 g/mol. The van der Waals surface area contributed by atoms with Gasteiger partial charge in [0.1, 0.15) is 5.75 Å². The van der Waals surface area contributed by atoms with Crippen molar-refractivity contribution in [2.24, 2.45) is 28.9 Å². The van der Waals surface area contributed by atoms with E-state index in [1.165, 1.54) is 37.0 Å². The third-order valence-corrected chi connectivity index (χ3v) is 8.36. The number of amides is 1. The number of aliphatic carboxylic acids is 1. The molecule has 5 rings (SSSR count). The number of unbranched alkanes of at least 4 members (excludes halogenated alkanes) is 1. The third-order valence-electron chi connectivity index (χ3n) is 7.36. The predicted octanol–water partition coefficient (Wildman–Crippen LogP) is 6.27. The quantitative estimate of drug-likeness (QED) is 0.361. The van der Waals surface area contributed by atoms with Crippen LogP contribution >= 0.6 is 11.3 Å². The minimum atomic E-state index is -0.682. The Kier molecular flexibility index (Phi) is 7.99. The normalized spacial score (nSPS) is 23.3. The Hall–Kier alpha value is -2.34. The molecule has 174 valence electrons. The first-order chi connectivity index (χ1) is 15.2. The lowest BCUT2D eigenvalue weighted by atomic mass is 9.46. The molecule has 0 spiro atoms. The van der Waals surface area contributed by atoms with Gasteiger partial charge in [0, 0.05) is 17.2 Å². The second-order valence-electron chi connectivity index (χ2n) is 9.63. The molecule has 3 saturated carbocycles. The van der Waals surface area contributed by atoms with Crippen molar-refractivity contribution in [1.82, 2.24) is 0 Å². The number of thiophene rings is 1. The van der Waals surface area contributed by atoms with Crippen LogP contribution in [0.4, 0.5) is 0 Å². The summed E-state index contributed by atoms with van der Waals surface area (Å²) in [6.07, 6.45) is 11.9. The maximum atomic E-state index is 11.1. The van der Waals surface area contributed by atoms with E-state index in [-0.39, 0.29) is 0 Å². The Bertz CT molecular complexity index is 963. The van der Waals surface area contributed by atoms with E-state index in [2.05, 4.69) is 26.0 Å². The smallest absolute Gasteiger partial charge is 0.303 e. The molecule has 1 aromatic carbocycles. The van der Waals surface area contributed by atoms with Crippen LogP contribution in [0, 0.1) is 23.2 Å². The van der Waals surface area contributed by atoms with E-state index in [1.54, 1.807) is 19.2 Å². The van der Waals surface area contributed by atoms with Crippen LogP contribution in [0.5, 0.6) is 5.75 Å². The fraction of sp³-hybridized carbons (Fsp3) is 0.538. The average Bonchev–Trinajstić information content (AvgIpc) is 3.19. The lowest BCUT2D eigenvalue weighted by molar-refractivity contribution is -0.137. The van der Waals surface area contributed by atoms with Crippen molar-refractivity contribution in [3.05, 3.63) is 41.3 Å². The zero-order valence-electron chi connectivity index (χ0n) is 19.3. The standard InChI is InChI=1S/C16H26O2.C10H9NO2S/c1-16(2)13-9-12(10-14(16)11-13)7-5-3-4-6-8-15(17)18;1-13-8-5-14-9-6(8)3-2-4-7(9)10(11)12/h3,5,12-14H,4,6-11H2,1-2H3,(H,17,18);2-5H,1H3,(H2,11,12)/b5-3-;. The lowest BCUT2D eigenvalue weighted by Crippen LogP contribution is -2.50. The summed E-state index contributed by atoms with van der Waals surface area (Å²) in [6.45, 7) is 4.87. The number of ether oxygens (including phenoxy) is 1. The van der Waals surface area contributed by atoms with Crippen molar-refractivity contribution >= 4 is 33.3 Å². The van der Waals surface area contributed by atoms with Crippen molar-refractivity contribution in [3.63, 3.8) is 0 Å². The minimum Gasteiger partial charge on any atom is -0.495 e. The van der Waals surface area contributed by atoms with Crippen LogP contribution in [0.2, 0.25) is 0 Å². The molecule has 6 heteroatoms. The number of benzene rings is 1. The molecule has 2 unspecified atom stereocenters. The van der Waals surface area contributed by atoms with Crippen molar-refractivity contribution in [1.29, 1.82) is 0 Å². The summed E-state index contributed by atoms with van der Waals surface area (Å²) in [5, 5.41) is 11.3. The molecule has 3 aliphatic rings. The number of carboxylic acid groups (broad SMARTS) is 1. The van der Waals surface area contributed by atoms with Gasteiger partial charge in [-0.15, -0.1) is 11.3 Å². The molecule has 2 aromatic rings. The van der Waals surface area contributed by atoms with Crippen LogP contribution in [0.3, 0.4) is 0 Å². The molecule has 2 bridgehead atoms. The summed E-state index contributed by atoms with van der Waals surface area (Å²) >= 11 is 1.47. The number of methoxy groups -OCH3 is 1. The SMILES string of the molecule is CC1(C)C2CC(C/C=C\CCCC(=O)O)CC1C2.COc1csc2c(C(N)=O)cccc12. The molecule has 3 aliphatic carbocycles. The summed E-state index contributed by atoms with van der Waals surface area (Å²) in [4.78, 5) is 21.5. The number of rotatable bonds is 8. The molecule has 2 atom stereocenters. The molecule has 0 saturated heterocycles. The molecule has 3 fully saturated rings. The molecule has 1 heterocycles. The van der Waals surface area contributed by atoms with Crippen molar-refractivity contribution in [2.45, 2.75) is 58.8 Å². The highest BCUT2D eigenvalue weighted by atomic mass is 32.1. The molecule has 5 nitrogen and oxygen atoms in total. The van der Waals surface area contributed by atoms with Gasteiger partial charge < -0.3 is 15.6 Å². The topological polar surface area (TPSA) is 89.6 Å². The van der Waals surface area contributed by atoms with Crippen LogP contribution in [0.15, 0.2) is 35.7 Å². The highest BCUT2D eigenvalue weighted by molar-refractivity contribution is 7.18. The van der Waals surface area contributed by atoms with Crippen LogP contribution in [-0.2, 0) is 4.79 Å². The second-order valence-corrected chi connectivity index (χ2v) is 10.5. The van der Waals surface area contributed by atoms with Gasteiger partial charge in [-0.2, -0.15) is 0 Å². The highest BCUT2D eigenvalue weighted by Crippen LogP contribution is 2.61. The van der Waals surface area contributed by atoms with Gasteiger partial charge in [-0.1, -0.05) is 32.1 Å². The highest BCUT2D eigenvalue weighted by Gasteiger charge is 2.52. The first-order valence-corrected chi connectivity index (χ1v) is 12.3. The molecule has 1 amide bonds.